The van der Waals surface area contributed by atoms with E-state index in [1.807, 2.05) is 19.4 Å². The molecule has 0 spiro atoms. The van der Waals surface area contributed by atoms with Crippen LogP contribution in [-0.4, -0.2) is 32.6 Å². The highest BCUT2D eigenvalue weighted by atomic mass is 15.1. The quantitative estimate of drug-likeness (QED) is 0.726. The monoisotopic (exact) mass is 246 g/mol. The van der Waals surface area contributed by atoms with Gasteiger partial charge in [0.25, 0.3) is 0 Å². The largest absolute Gasteiger partial charge is 0.369 e. The Hall–Kier alpha value is -2.11. The molecule has 96 valence electrons. The number of hydrogen-bond donors (Lipinski definition) is 2. The van der Waals surface area contributed by atoms with Crippen LogP contribution >= 0.6 is 0 Å². The van der Waals surface area contributed by atoms with Gasteiger partial charge < -0.3 is 15.2 Å². The van der Waals surface area contributed by atoms with Gasteiger partial charge in [-0.15, -0.1) is 0 Å². The van der Waals surface area contributed by atoms with E-state index in [-0.39, 0.29) is 0 Å². The molecule has 0 saturated carbocycles. The first-order valence-electron chi connectivity index (χ1n) is 6.14. The van der Waals surface area contributed by atoms with Crippen LogP contribution in [0.15, 0.2) is 31.1 Å². The van der Waals surface area contributed by atoms with Gasteiger partial charge in [-0.2, -0.15) is 0 Å². The first-order valence-corrected chi connectivity index (χ1v) is 6.14. The molecule has 0 saturated heterocycles. The summed E-state index contributed by atoms with van der Waals surface area (Å²) in [6.45, 7) is 4.70. The first kappa shape index (κ1) is 12.3. The summed E-state index contributed by atoms with van der Waals surface area (Å²) in [7, 11) is 0. The molecule has 18 heavy (non-hydrogen) atoms. The van der Waals surface area contributed by atoms with Crippen LogP contribution in [0.2, 0.25) is 0 Å². The Morgan fingerprint density at radius 2 is 2.00 bits per heavy atom. The second-order valence-corrected chi connectivity index (χ2v) is 3.90. The molecule has 0 fully saturated rings. The highest BCUT2D eigenvalue weighted by Gasteiger charge is 1.97. The van der Waals surface area contributed by atoms with Crippen molar-refractivity contribution >= 4 is 11.6 Å². The van der Waals surface area contributed by atoms with Crippen molar-refractivity contribution in [1.82, 2.24) is 19.5 Å². The topological polar surface area (TPSA) is 67.7 Å². The lowest BCUT2D eigenvalue weighted by molar-refractivity contribution is 0.660. The second kappa shape index (κ2) is 6.58. The van der Waals surface area contributed by atoms with Crippen molar-refractivity contribution in [2.75, 3.05) is 23.7 Å². The fraction of sp³-hybridized carbons (Fsp3) is 0.417. The van der Waals surface area contributed by atoms with Crippen molar-refractivity contribution in [2.24, 2.45) is 0 Å². The van der Waals surface area contributed by atoms with Gasteiger partial charge in [-0.3, -0.25) is 4.98 Å². The number of anilines is 2. The Morgan fingerprint density at radius 1 is 1.17 bits per heavy atom. The lowest BCUT2D eigenvalue weighted by Crippen LogP contribution is -2.08. The fourth-order valence-corrected chi connectivity index (χ4v) is 1.61. The number of nitrogens with zero attached hydrogens (tertiary/aromatic N) is 4. The van der Waals surface area contributed by atoms with E-state index in [9.17, 15) is 0 Å². The molecule has 6 nitrogen and oxygen atoms in total. The molecule has 2 aromatic rings. The smallest absolute Gasteiger partial charge is 0.146 e. The first-order chi connectivity index (χ1) is 8.88. The van der Waals surface area contributed by atoms with Crippen LogP contribution in [0.3, 0.4) is 0 Å². The van der Waals surface area contributed by atoms with E-state index in [2.05, 4.69) is 30.2 Å². The van der Waals surface area contributed by atoms with Gasteiger partial charge in [0.15, 0.2) is 0 Å². The van der Waals surface area contributed by atoms with Crippen LogP contribution in [0.25, 0.3) is 0 Å². The molecular weight excluding hydrogens is 228 g/mol. The number of nitrogens with one attached hydrogen (secondary N) is 2. The predicted molar refractivity (Wildman–Crippen MR) is 71.5 cm³/mol. The van der Waals surface area contributed by atoms with Crippen LogP contribution in [0, 0.1) is 0 Å². The SMILES string of the molecule is CCNc1cncc(NCCCn2ccnc2)n1. The summed E-state index contributed by atoms with van der Waals surface area (Å²) in [4.78, 5) is 12.5. The van der Waals surface area contributed by atoms with E-state index in [1.54, 1.807) is 18.6 Å². The van der Waals surface area contributed by atoms with Crippen molar-refractivity contribution < 1.29 is 0 Å². The molecule has 6 heteroatoms. The zero-order valence-electron chi connectivity index (χ0n) is 10.5. The standard InChI is InChI=1S/C12H18N6/c1-2-15-11-8-14-9-12(17-11)16-4-3-6-18-7-5-13-10-18/h5,7-10H,2-4,6H2,1H3,(H2,15,16,17). The van der Waals surface area contributed by atoms with Crippen molar-refractivity contribution in [3.05, 3.63) is 31.1 Å². The maximum atomic E-state index is 4.39. The van der Waals surface area contributed by atoms with Crippen LogP contribution in [-0.2, 0) is 6.54 Å². The van der Waals surface area contributed by atoms with Gasteiger partial charge in [0.1, 0.15) is 11.6 Å². The van der Waals surface area contributed by atoms with Crippen LogP contribution < -0.4 is 10.6 Å². The number of hydrogen-bond acceptors (Lipinski definition) is 5. The molecule has 0 aromatic carbocycles. The van der Waals surface area contributed by atoms with Gasteiger partial charge in [0.05, 0.1) is 18.7 Å². The third-order valence-electron chi connectivity index (χ3n) is 2.45. The van der Waals surface area contributed by atoms with Gasteiger partial charge in [0.2, 0.25) is 0 Å². The minimum Gasteiger partial charge on any atom is -0.369 e. The molecule has 2 heterocycles. The van der Waals surface area contributed by atoms with Crippen molar-refractivity contribution in [2.45, 2.75) is 19.9 Å². The number of aromatic nitrogens is 4. The van der Waals surface area contributed by atoms with E-state index < -0.39 is 0 Å². The van der Waals surface area contributed by atoms with E-state index in [0.717, 1.165) is 37.7 Å². The third-order valence-corrected chi connectivity index (χ3v) is 2.45. The second-order valence-electron chi connectivity index (χ2n) is 3.90. The zero-order valence-corrected chi connectivity index (χ0v) is 10.5. The maximum absolute atomic E-state index is 4.39. The number of aryl methyl sites for hydroxylation is 1. The molecule has 0 aliphatic rings. The molecule has 0 radical (unpaired) electrons. The summed E-state index contributed by atoms with van der Waals surface area (Å²) in [6, 6.07) is 0. The Balaban J connectivity index is 1.74. The maximum Gasteiger partial charge on any atom is 0.146 e. The lowest BCUT2D eigenvalue weighted by atomic mass is 10.4. The van der Waals surface area contributed by atoms with Crippen molar-refractivity contribution in [1.29, 1.82) is 0 Å². The molecule has 0 amide bonds. The van der Waals surface area contributed by atoms with Gasteiger partial charge in [-0.1, -0.05) is 0 Å². The Kier molecular flexibility index (Phi) is 4.52. The summed E-state index contributed by atoms with van der Waals surface area (Å²) < 4.78 is 2.06. The van der Waals surface area contributed by atoms with Gasteiger partial charge >= 0.3 is 0 Å². The van der Waals surface area contributed by atoms with Crippen LogP contribution in [0.5, 0.6) is 0 Å². The minimum atomic E-state index is 0.803. The van der Waals surface area contributed by atoms with E-state index in [0.29, 0.717) is 0 Å². The minimum absolute atomic E-state index is 0.803. The molecule has 0 bridgehead atoms. The summed E-state index contributed by atoms with van der Waals surface area (Å²) in [5.74, 6) is 1.61. The van der Waals surface area contributed by atoms with Gasteiger partial charge in [-0.25, -0.2) is 9.97 Å². The van der Waals surface area contributed by atoms with Crippen molar-refractivity contribution in [3.8, 4) is 0 Å². The summed E-state index contributed by atoms with van der Waals surface area (Å²) in [5.41, 5.74) is 0. The van der Waals surface area contributed by atoms with Crippen molar-refractivity contribution in [3.63, 3.8) is 0 Å². The van der Waals surface area contributed by atoms with E-state index in [4.69, 9.17) is 0 Å². The van der Waals surface area contributed by atoms with Gasteiger partial charge in [0, 0.05) is 32.0 Å². The Labute approximate surface area is 106 Å². The zero-order chi connectivity index (χ0) is 12.6. The molecule has 0 atom stereocenters. The third kappa shape index (κ3) is 3.73. The highest BCUT2D eigenvalue weighted by molar-refractivity contribution is 5.41. The fourth-order valence-electron chi connectivity index (χ4n) is 1.61. The molecule has 2 N–H and O–H groups in total. The molecular formula is C12H18N6. The average molecular weight is 246 g/mol. The highest BCUT2D eigenvalue weighted by Crippen LogP contribution is 2.06. The summed E-state index contributed by atoms with van der Waals surface area (Å²) >= 11 is 0. The normalized spacial score (nSPS) is 10.3. The lowest BCUT2D eigenvalue weighted by Gasteiger charge is -2.07. The molecule has 2 rings (SSSR count). The van der Waals surface area contributed by atoms with E-state index >= 15 is 0 Å². The Morgan fingerprint density at radius 3 is 2.72 bits per heavy atom. The predicted octanol–water partition coefficient (Wildman–Crippen LogP) is 1.61. The average Bonchev–Trinajstić information content (AvgIpc) is 2.89. The molecule has 2 aromatic heterocycles. The summed E-state index contributed by atoms with van der Waals surface area (Å²) in [6.07, 6.45) is 10.1. The number of rotatable bonds is 7. The summed E-state index contributed by atoms with van der Waals surface area (Å²) in [5, 5.41) is 6.39. The molecule has 0 aliphatic heterocycles. The molecule has 0 unspecified atom stereocenters. The molecule has 0 aliphatic carbocycles. The van der Waals surface area contributed by atoms with Crippen LogP contribution in [0.4, 0.5) is 11.6 Å². The Bertz CT molecular complexity index is 453. The van der Waals surface area contributed by atoms with E-state index in [1.165, 1.54) is 0 Å². The van der Waals surface area contributed by atoms with Crippen LogP contribution in [0.1, 0.15) is 13.3 Å². The number of imidazole rings is 1. The van der Waals surface area contributed by atoms with Gasteiger partial charge in [-0.05, 0) is 13.3 Å².